The fourth-order valence-electron chi connectivity index (χ4n) is 6.99. The van der Waals surface area contributed by atoms with Crippen LogP contribution in [0.15, 0.2) is 58.5 Å². The molecule has 0 heterocycles. The molecule has 0 aliphatic rings. The maximum absolute atomic E-state index is 5.24. The Morgan fingerprint density at radius 2 is 0.580 bits per heavy atom. The standard InChI is InChI=1S/C48H80N2/c1-5-9-13-15-17-19-21-23-25-27-29-31-43-35-39-45(40-36-43)49-47(33-11-7-3)48(34-12-8-4)50-46-41-37-44(38-42-46)32-30-28-26-24-22-20-18-16-14-10-6-2/h35-42H,5-34H2,1-4H3. The van der Waals surface area contributed by atoms with Crippen LogP contribution in [0.1, 0.15) is 219 Å². The zero-order valence-electron chi connectivity index (χ0n) is 33.7. The summed E-state index contributed by atoms with van der Waals surface area (Å²) >= 11 is 0. The van der Waals surface area contributed by atoms with E-state index in [1.165, 1.54) is 189 Å². The van der Waals surface area contributed by atoms with Crippen LogP contribution in [0.5, 0.6) is 0 Å². The number of rotatable bonds is 33. The second-order valence-electron chi connectivity index (χ2n) is 15.2. The summed E-state index contributed by atoms with van der Waals surface area (Å²) in [4.78, 5) is 10.5. The summed E-state index contributed by atoms with van der Waals surface area (Å²) in [5.74, 6) is 0. The van der Waals surface area contributed by atoms with Crippen LogP contribution in [0, 0.1) is 0 Å². The molecule has 0 spiro atoms. The molecule has 0 radical (unpaired) electrons. The second kappa shape index (κ2) is 31.5. The fourth-order valence-corrected chi connectivity index (χ4v) is 6.99. The van der Waals surface area contributed by atoms with Crippen molar-refractivity contribution in [3.63, 3.8) is 0 Å². The smallest absolute Gasteiger partial charge is 0.0633 e. The number of unbranched alkanes of at least 4 members (excludes halogenated alkanes) is 22. The fraction of sp³-hybridized carbons (Fsp3) is 0.708. The summed E-state index contributed by atoms with van der Waals surface area (Å²) in [6, 6.07) is 18.2. The number of hydrogen-bond acceptors (Lipinski definition) is 2. The largest absolute Gasteiger partial charge is 0.252 e. The van der Waals surface area contributed by atoms with Gasteiger partial charge in [0, 0.05) is 0 Å². The van der Waals surface area contributed by atoms with Gasteiger partial charge in [0.25, 0.3) is 0 Å². The molecule has 2 aromatic carbocycles. The summed E-state index contributed by atoms with van der Waals surface area (Å²) in [5.41, 5.74) is 7.41. The van der Waals surface area contributed by atoms with E-state index in [4.69, 9.17) is 9.98 Å². The lowest BCUT2D eigenvalue weighted by Crippen LogP contribution is -2.14. The third kappa shape index (κ3) is 22.6. The van der Waals surface area contributed by atoms with Crippen molar-refractivity contribution in [2.24, 2.45) is 9.98 Å². The molecule has 0 unspecified atom stereocenters. The summed E-state index contributed by atoms with van der Waals surface area (Å²) in [6.45, 7) is 9.15. The lowest BCUT2D eigenvalue weighted by atomic mass is 10.0. The zero-order chi connectivity index (χ0) is 35.7. The van der Waals surface area contributed by atoms with Crippen LogP contribution >= 0.6 is 0 Å². The van der Waals surface area contributed by atoms with Crippen molar-refractivity contribution in [1.29, 1.82) is 0 Å². The van der Waals surface area contributed by atoms with Gasteiger partial charge in [-0.1, -0.05) is 193 Å². The molecule has 0 saturated heterocycles. The number of hydrogen-bond donors (Lipinski definition) is 0. The van der Waals surface area contributed by atoms with Gasteiger partial charge in [0.2, 0.25) is 0 Å². The molecule has 0 amide bonds. The Hall–Kier alpha value is -2.22. The topological polar surface area (TPSA) is 24.7 Å². The highest BCUT2D eigenvalue weighted by atomic mass is 14.8. The summed E-state index contributed by atoms with van der Waals surface area (Å²) < 4.78 is 0. The van der Waals surface area contributed by atoms with E-state index < -0.39 is 0 Å². The zero-order valence-corrected chi connectivity index (χ0v) is 33.7. The number of aryl methyl sites for hydroxylation is 2. The first-order valence-corrected chi connectivity index (χ1v) is 22.0. The minimum atomic E-state index is 0.997. The van der Waals surface area contributed by atoms with Crippen molar-refractivity contribution >= 4 is 22.8 Å². The monoisotopic (exact) mass is 685 g/mol. The van der Waals surface area contributed by atoms with Crippen molar-refractivity contribution in [1.82, 2.24) is 0 Å². The van der Waals surface area contributed by atoms with Gasteiger partial charge in [-0.3, -0.25) is 9.98 Å². The van der Waals surface area contributed by atoms with Crippen molar-refractivity contribution in [2.75, 3.05) is 0 Å². The van der Waals surface area contributed by atoms with Crippen LogP contribution in [-0.2, 0) is 12.8 Å². The van der Waals surface area contributed by atoms with Crippen molar-refractivity contribution in [2.45, 2.75) is 220 Å². The van der Waals surface area contributed by atoms with Crippen molar-refractivity contribution in [3.05, 3.63) is 59.7 Å². The van der Waals surface area contributed by atoms with Gasteiger partial charge in [-0.05, 0) is 86.8 Å². The Morgan fingerprint density at radius 1 is 0.320 bits per heavy atom. The van der Waals surface area contributed by atoms with Crippen LogP contribution in [0.3, 0.4) is 0 Å². The summed E-state index contributed by atoms with van der Waals surface area (Å²) in [7, 11) is 0. The molecule has 0 aliphatic heterocycles. The molecule has 0 saturated carbocycles. The molecule has 0 N–H and O–H groups in total. The molecule has 2 aromatic rings. The Morgan fingerprint density at radius 3 is 0.860 bits per heavy atom. The van der Waals surface area contributed by atoms with Crippen LogP contribution in [0.4, 0.5) is 11.4 Å². The van der Waals surface area contributed by atoms with Gasteiger partial charge in [0.15, 0.2) is 0 Å². The molecule has 2 nitrogen and oxygen atoms in total. The SMILES string of the molecule is CCCCCCCCCCCCCc1ccc(N=C(CCCC)C(CCCC)=Nc2ccc(CCCCCCCCCCCCC)cc2)cc1. The normalized spacial score (nSPS) is 12.2. The second-order valence-corrected chi connectivity index (χ2v) is 15.2. The maximum atomic E-state index is 5.24. The van der Waals surface area contributed by atoms with E-state index in [-0.39, 0.29) is 0 Å². The first-order valence-electron chi connectivity index (χ1n) is 22.0. The van der Waals surface area contributed by atoms with Crippen molar-refractivity contribution in [3.8, 4) is 0 Å². The number of benzene rings is 2. The van der Waals surface area contributed by atoms with Crippen molar-refractivity contribution < 1.29 is 0 Å². The molecular weight excluding hydrogens is 605 g/mol. The van der Waals surface area contributed by atoms with E-state index in [0.717, 1.165) is 37.1 Å². The minimum Gasteiger partial charge on any atom is -0.252 e. The highest BCUT2D eigenvalue weighted by molar-refractivity contribution is 6.43. The molecule has 0 bridgehead atoms. The Kier molecular flexibility index (Phi) is 27.7. The molecule has 2 heteroatoms. The molecule has 0 atom stereocenters. The Labute approximate surface area is 311 Å². The molecule has 0 aromatic heterocycles. The third-order valence-corrected chi connectivity index (χ3v) is 10.4. The quantitative estimate of drug-likeness (QED) is 0.0528. The van der Waals surface area contributed by atoms with E-state index in [9.17, 15) is 0 Å². The summed E-state index contributed by atoms with van der Waals surface area (Å²) in [6.07, 6.45) is 39.8. The average molecular weight is 685 g/mol. The van der Waals surface area contributed by atoms with Crippen LogP contribution < -0.4 is 0 Å². The Bertz CT molecular complexity index is 1000. The van der Waals surface area contributed by atoms with E-state index in [2.05, 4.69) is 76.2 Å². The molecular formula is C48H80N2. The minimum absolute atomic E-state index is 0.997. The van der Waals surface area contributed by atoms with Crippen LogP contribution in [0.2, 0.25) is 0 Å². The number of nitrogens with zero attached hydrogens (tertiary/aromatic N) is 2. The van der Waals surface area contributed by atoms with E-state index in [1.54, 1.807) is 0 Å². The van der Waals surface area contributed by atoms with E-state index in [1.807, 2.05) is 0 Å². The lowest BCUT2D eigenvalue weighted by molar-refractivity contribution is 0.549. The lowest BCUT2D eigenvalue weighted by Gasteiger charge is -2.11. The predicted molar refractivity (Wildman–Crippen MR) is 226 cm³/mol. The number of aliphatic imine (C=N–C) groups is 2. The molecule has 2 rings (SSSR count). The summed E-state index contributed by atoms with van der Waals surface area (Å²) in [5, 5.41) is 0. The van der Waals surface area contributed by atoms with E-state index in [0.29, 0.717) is 0 Å². The Balaban J connectivity index is 1.85. The molecule has 50 heavy (non-hydrogen) atoms. The van der Waals surface area contributed by atoms with Gasteiger partial charge >= 0.3 is 0 Å². The first-order chi connectivity index (χ1) is 24.7. The predicted octanol–water partition coefficient (Wildman–Crippen LogP) is 16.6. The molecule has 0 aliphatic carbocycles. The first kappa shape index (κ1) is 43.9. The maximum Gasteiger partial charge on any atom is 0.0633 e. The third-order valence-electron chi connectivity index (χ3n) is 10.4. The van der Waals surface area contributed by atoms with Gasteiger partial charge < -0.3 is 0 Å². The van der Waals surface area contributed by atoms with Crippen LogP contribution in [0.25, 0.3) is 0 Å². The van der Waals surface area contributed by atoms with Gasteiger partial charge in [-0.15, -0.1) is 0 Å². The average Bonchev–Trinajstić information content (AvgIpc) is 3.14. The highest BCUT2D eigenvalue weighted by Crippen LogP contribution is 2.22. The molecule has 0 fully saturated rings. The highest BCUT2D eigenvalue weighted by Gasteiger charge is 2.11. The van der Waals surface area contributed by atoms with Gasteiger partial charge in [0.05, 0.1) is 22.8 Å². The van der Waals surface area contributed by atoms with E-state index >= 15 is 0 Å². The van der Waals surface area contributed by atoms with Gasteiger partial charge in [0.1, 0.15) is 0 Å². The molecule has 282 valence electrons. The van der Waals surface area contributed by atoms with Gasteiger partial charge in [-0.2, -0.15) is 0 Å². The van der Waals surface area contributed by atoms with Gasteiger partial charge in [-0.25, -0.2) is 0 Å². The van der Waals surface area contributed by atoms with Crippen LogP contribution in [-0.4, -0.2) is 11.4 Å².